The molecule has 0 bridgehead atoms. The second-order valence-electron chi connectivity index (χ2n) is 8.59. The lowest BCUT2D eigenvalue weighted by atomic mass is 9.73. The van der Waals surface area contributed by atoms with Crippen molar-refractivity contribution in [2.75, 3.05) is 40.0 Å². The predicted molar refractivity (Wildman–Crippen MR) is 124 cm³/mol. The molecule has 2 aliphatic rings. The van der Waals surface area contributed by atoms with E-state index in [0.29, 0.717) is 37.7 Å². The Morgan fingerprint density at radius 2 is 1.88 bits per heavy atom. The van der Waals surface area contributed by atoms with Crippen molar-refractivity contribution in [3.05, 3.63) is 65.5 Å². The molecule has 0 saturated carbocycles. The van der Waals surface area contributed by atoms with Crippen LogP contribution in [0.25, 0.3) is 0 Å². The molecule has 0 radical (unpaired) electrons. The maximum Gasteiger partial charge on any atom is 0.123 e. The Morgan fingerprint density at radius 3 is 2.59 bits per heavy atom. The van der Waals surface area contributed by atoms with Gasteiger partial charge in [0.05, 0.1) is 25.4 Å². The average molecular weight is 466 g/mol. The molecule has 1 N–H and O–H groups in total. The number of ether oxygens (including phenoxy) is 3. The van der Waals surface area contributed by atoms with Crippen molar-refractivity contribution >= 4 is 12.4 Å². The van der Waals surface area contributed by atoms with Crippen molar-refractivity contribution in [1.29, 1.82) is 0 Å². The van der Waals surface area contributed by atoms with Crippen LogP contribution in [0.2, 0.25) is 0 Å². The Morgan fingerprint density at radius 1 is 1.12 bits per heavy atom. The van der Waals surface area contributed by atoms with Gasteiger partial charge in [-0.15, -0.1) is 12.4 Å². The van der Waals surface area contributed by atoms with E-state index < -0.39 is 5.60 Å². The minimum Gasteiger partial charge on any atom is -0.496 e. The first-order valence-corrected chi connectivity index (χ1v) is 11.1. The van der Waals surface area contributed by atoms with Crippen LogP contribution in [0.15, 0.2) is 48.5 Å². The molecule has 2 saturated heterocycles. The molecule has 176 valence electrons. The summed E-state index contributed by atoms with van der Waals surface area (Å²) in [6.07, 6.45) is 1.42. The van der Waals surface area contributed by atoms with Gasteiger partial charge in [0.25, 0.3) is 0 Å². The minimum atomic E-state index is -1.14. The lowest BCUT2D eigenvalue weighted by Gasteiger charge is -2.47. The van der Waals surface area contributed by atoms with Gasteiger partial charge in [-0.1, -0.05) is 30.3 Å². The molecule has 0 aliphatic carbocycles. The zero-order chi connectivity index (χ0) is 21.7. The predicted octanol–water partition coefficient (Wildman–Crippen LogP) is 3.86. The van der Waals surface area contributed by atoms with Crippen LogP contribution in [0.1, 0.15) is 24.0 Å². The van der Waals surface area contributed by atoms with E-state index in [1.807, 2.05) is 18.2 Å². The van der Waals surface area contributed by atoms with Gasteiger partial charge in [0.15, 0.2) is 0 Å². The number of nitrogens with zero attached hydrogens (tertiary/aromatic N) is 1. The zero-order valence-electron chi connectivity index (χ0n) is 18.5. The van der Waals surface area contributed by atoms with E-state index >= 15 is 0 Å². The summed E-state index contributed by atoms with van der Waals surface area (Å²) in [5, 5.41) is 12.1. The van der Waals surface area contributed by atoms with Crippen molar-refractivity contribution < 1.29 is 23.7 Å². The molecule has 0 unspecified atom stereocenters. The van der Waals surface area contributed by atoms with Crippen molar-refractivity contribution in [2.45, 2.75) is 37.5 Å². The minimum absolute atomic E-state index is 0. The van der Waals surface area contributed by atoms with Crippen molar-refractivity contribution in [1.82, 2.24) is 4.90 Å². The molecule has 4 rings (SSSR count). The number of hydrogen-bond acceptors (Lipinski definition) is 5. The quantitative estimate of drug-likeness (QED) is 0.673. The van der Waals surface area contributed by atoms with Gasteiger partial charge in [0.1, 0.15) is 11.6 Å². The number of benzene rings is 2. The van der Waals surface area contributed by atoms with Crippen molar-refractivity contribution in [3.8, 4) is 5.75 Å². The van der Waals surface area contributed by atoms with Gasteiger partial charge in [0, 0.05) is 39.3 Å². The standard InChI is InChI=1S/C25H32FNO4.ClH/c1-29-23-8-7-22(26)15-20(23)16-25(28,21-9-12-30-13-10-21)24-18-27(11-14-31-24)17-19-5-3-2-4-6-19;/h2-8,15,21,24,28H,9-14,16-18H2,1H3;1H/t24-,25+;/m0./s1. The number of morpholine rings is 1. The second kappa shape index (κ2) is 11.4. The monoisotopic (exact) mass is 465 g/mol. The highest BCUT2D eigenvalue weighted by molar-refractivity contribution is 5.85. The van der Waals surface area contributed by atoms with Crippen LogP contribution in [0.4, 0.5) is 4.39 Å². The third kappa shape index (κ3) is 5.80. The van der Waals surface area contributed by atoms with Crippen LogP contribution in [0.3, 0.4) is 0 Å². The fourth-order valence-electron chi connectivity index (χ4n) is 4.90. The summed E-state index contributed by atoms with van der Waals surface area (Å²) >= 11 is 0. The van der Waals surface area contributed by atoms with Crippen LogP contribution in [0.5, 0.6) is 5.75 Å². The van der Waals surface area contributed by atoms with Crippen LogP contribution in [-0.2, 0) is 22.4 Å². The summed E-state index contributed by atoms with van der Waals surface area (Å²) in [6.45, 7) is 4.05. The summed E-state index contributed by atoms with van der Waals surface area (Å²) in [6, 6.07) is 14.8. The maximum absolute atomic E-state index is 14.1. The summed E-state index contributed by atoms with van der Waals surface area (Å²) < 4.78 is 31.2. The fraction of sp³-hybridized carbons (Fsp3) is 0.520. The van der Waals surface area contributed by atoms with Crippen LogP contribution < -0.4 is 4.74 Å². The van der Waals surface area contributed by atoms with E-state index in [4.69, 9.17) is 14.2 Å². The van der Waals surface area contributed by atoms with E-state index in [2.05, 4.69) is 17.0 Å². The summed E-state index contributed by atoms with van der Waals surface area (Å²) in [4.78, 5) is 2.33. The molecule has 2 aromatic carbocycles. The highest BCUT2D eigenvalue weighted by Crippen LogP contribution is 2.38. The molecule has 32 heavy (non-hydrogen) atoms. The summed E-state index contributed by atoms with van der Waals surface area (Å²) in [5.41, 5.74) is 0.769. The largest absolute Gasteiger partial charge is 0.496 e. The highest BCUT2D eigenvalue weighted by atomic mass is 35.5. The van der Waals surface area contributed by atoms with Crippen molar-refractivity contribution in [2.24, 2.45) is 5.92 Å². The highest BCUT2D eigenvalue weighted by Gasteiger charge is 2.47. The Hall–Kier alpha value is -1.70. The van der Waals surface area contributed by atoms with Gasteiger partial charge in [-0.05, 0) is 48.1 Å². The second-order valence-corrected chi connectivity index (χ2v) is 8.59. The molecule has 5 nitrogen and oxygen atoms in total. The van der Waals surface area contributed by atoms with Gasteiger partial charge >= 0.3 is 0 Å². The number of rotatable bonds is 7. The SMILES string of the molecule is COc1ccc(F)cc1C[C@@](O)(C1CCOCC1)[C@@H]1CN(Cc2ccccc2)CCO1.Cl. The van der Waals surface area contributed by atoms with Crippen LogP contribution in [-0.4, -0.2) is 61.7 Å². The first kappa shape index (κ1) is 24.9. The Labute approximate surface area is 195 Å². The third-order valence-corrected chi connectivity index (χ3v) is 6.60. The van der Waals surface area contributed by atoms with Gasteiger partial charge in [0.2, 0.25) is 0 Å². The lowest BCUT2D eigenvalue weighted by Crippen LogP contribution is -2.59. The fourth-order valence-corrected chi connectivity index (χ4v) is 4.90. The molecule has 2 heterocycles. The summed E-state index contributed by atoms with van der Waals surface area (Å²) in [7, 11) is 1.57. The van der Waals surface area contributed by atoms with E-state index in [0.717, 1.165) is 25.9 Å². The molecule has 0 spiro atoms. The maximum atomic E-state index is 14.1. The molecule has 0 aromatic heterocycles. The van der Waals surface area contributed by atoms with E-state index in [9.17, 15) is 9.50 Å². The van der Waals surface area contributed by atoms with E-state index in [-0.39, 0.29) is 36.7 Å². The van der Waals surface area contributed by atoms with Gasteiger partial charge in [-0.25, -0.2) is 4.39 Å². The molecule has 7 heteroatoms. The van der Waals surface area contributed by atoms with Gasteiger partial charge < -0.3 is 19.3 Å². The molecular formula is C25H33ClFNO4. The Kier molecular flexibility index (Phi) is 8.91. The molecule has 2 atom stereocenters. The smallest absolute Gasteiger partial charge is 0.123 e. The molecular weight excluding hydrogens is 433 g/mol. The molecule has 2 aromatic rings. The Balaban J connectivity index is 0.00000289. The van der Waals surface area contributed by atoms with Crippen LogP contribution in [0, 0.1) is 11.7 Å². The molecule has 2 aliphatic heterocycles. The van der Waals surface area contributed by atoms with Gasteiger partial charge in [-0.2, -0.15) is 0 Å². The topological polar surface area (TPSA) is 51.2 Å². The Bertz CT molecular complexity index is 849. The zero-order valence-corrected chi connectivity index (χ0v) is 19.4. The molecule has 2 fully saturated rings. The average Bonchev–Trinajstić information content (AvgIpc) is 2.81. The number of methoxy groups -OCH3 is 1. The van der Waals surface area contributed by atoms with E-state index in [1.54, 1.807) is 13.2 Å². The third-order valence-electron chi connectivity index (χ3n) is 6.60. The first-order chi connectivity index (χ1) is 15.1. The first-order valence-electron chi connectivity index (χ1n) is 11.1. The van der Waals surface area contributed by atoms with Crippen molar-refractivity contribution in [3.63, 3.8) is 0 Å². The lowest BCUT2D eigenvalue weighted by molar-refractivity contribution is -0.181. The van der Waals surface area contributed by atoms with E-state index in [1.165, 1.54) is 17.7 Å². The number of halogens is 2. The number of aliphatic hydroxyl groups is 1. The summed E-state index contributed by atoms with van der Waals surface area (Å²) in [5.74, 6) is 0.264. The normalized spacial score (nSPS) is 22.0. The van der Waals surface area contributed by atoms with Crippen LogP contribution >= 0.6 is 12.4 Å². The molecule has 0 amide bonds. The van der Waals surface area contributed by atoms with Gasteiger partial charge in [-0.3, -0.25) is 4.90 Å². The number of hydrogen-bond donors (Lipinski definition) is 1.